The van der Waals surface area contributed by atoms with Crippen LogP contribution in [0.15, 0.2) is 24.3 Å². The molecular weight excluding hydrogens is 279 g/mol. The van der Waals surface area contributed by atoms with Gasteiger partial charge in [0.1, 0.15) is 0 Å². The van der Waals surface area contributed by atoms with Crippen molar-refractivity contribution >= 4 is 0 Å². The highest BCUT2D eigenvalue weighted by molar-refractivity contribution is 5.26. The normalized spacial score (nSPS) is 14.2. The first-order valence-corrected chi connectivity index (χ1v) is 7.05. The Morgan fingerprint density at radius 2 is 1.71 bits per heavy atom. The Morgan fingerprint density at radius 1 is 1.14 bits per heavy atom. The lowest BCUT2D eigenvalue weighted by molar-refractivity contribution is -0.137. The molecule has 0 spiro atoms. The van der Waals surface area contributed by atoms with Crippen LogP contribution in [0.2, 0.25) is 0 Å². The number of rotatable bonds is 7. The van der Waals surface area contributed by atoms with Crippen molar-refractivity contribution in [3.63, 3.8) is 0 Å². The molecule has 0 amide bonds. The summed E-state index contributed by atoms with van der Waals surface area (Å²) in [4.78, 5) is 0. The summed E-state index contributed by atoms with van der Waals surface area (Å²) in [6.45, 7) is 7.70. The molecule has 1 unspecified atom stereocenters. The minimum atomic E-state index is -4.28. The molecule has 0 radical (unpaired) electrons. The zero-order chi connectivity index (χ0) is 16.1. The third-order valence-electron chi connectivity index (χ3n) is 3.61. The van der Waals surface area contributed by atoms with E-state index < -0.39 is 11.7 Å². The molecule has 0 heterocycles. The fourth-order valence-corrected chi connectivity index (χ4v) is 1.97. The lowest BCUT2D eigenvalue weighted by Gasteiger charge is -2.27. The van der Waals surface area contributed by atoms with Crippen molar-refractivity contribution in [1.82, 2.24) is 5.32 Å². The van der Waals surface area contributed by atoms with Crippen molar-refractivity contribution < 1.29 is 17.9 Å². The predicted molar refractivity (Wildman–Crippen MR) is 78.1 cm³/mol. The van der Waals surface area contributed by atoms with Crippen LogP contribution in [0, 0.1) is 5.41 Å². The Bertz CT molecular complexity index is 426. The van der Waals surface area contributed by atoms with Crippen LogP contribution in [0.25, 0.3) is 0 Å². The Hall–Kier alpha value is -1.07. The number of halogens is 3. The fourth-order valence-electron chi connectivity index (χ4n) is 1.97. The number of hydrogen-bond acceptors (Lipinski definition) is 2. The monoisotopic (exact) mass is 303 g/mol. The standard InChI is InChI=1S/C16H24F3NO/c1-12(20-11-15(2,3)9-10-21-4)13-5-7-14(8-6-13)16(17,18)19/h5-8,12,20H,9-11H2,1-4H3. The third-order valence-corrected chi connectivity index (χ3v) is 3.61. The van der Waals surface area contributed by atoms with Gasteiger partial charge in [0.15, 0.2) is 0 Å². The van der Waals surface area contributed by atoms with E-state index in [-0.39, 0.29) is 11.5 Å². The fraction of sp³-hybridized carbons (Fsp3) is 0.625. The molecule has 2 nitrogen and oxygen atoms in total. The van der Waals surface area contributed by atoms with Gasteiger partial charge in [0.05, 0.1) is 5.56 Å². The maximum Gasteiger partial charge on any atom is 0.416 e. The summed E-state index contributed by atoms with van der Waals surface area (Å²) in [6, 6.07) is 5.33. The molecule has 120 valence electrons. The van der Waals surface area contributed by atoms with Gasteiger partial charge in [0, 0.05) is 26.3 Å². The van der Waals surface area contributed by atoms with E-state index in [1.165, 1.54) is 12.1 Å². The highest BCUT2D eigenvalue weighted by Crippen LogP contribution is 2.30. The van der Waals surface area contributed by atoms with Gasteiger partial charge in [-0.25, -0.2) is 0 Å². The number of alkyl halides is 3. The summed E-state index contributed by atoms with van der Waals surface area (Å²) in [6.07, 6.45) is -3.35. The van der Waals surface area contributed by atoms with Gasteiger partial charge < -0.3 is 10.1 Å². The second-order valence-electron chi connectivity index (χ2n) is 6.13. The van der Waals surface area contributed by atoms with Crippen LogP contribution in [0.4, 0.5) is 13.2 Å². The Labute approximate surface area is 124 Å². The van der Waals surface area contributed by atoms with Crippen molar-refractivity contribution in [2.24, 2.45) is 5.41 Å². The van der Waals surface area contributed by atoms with Crippen LogP contribution in [-0.4, -0.2) is 20.3 Å². The van der Waals surface area contributed by atoms with E-state index in [9.17, 15) is 13.2 Å². The molecule has 0 aromatic heterocycles. The summed E-state index contributed by atoms with van der Waals surface area (Å²) < 4.78 is 42.6. The first kappa shape index (κ1) is 18.0. The highest BCUT2D eigenvalue weighted by atomic mass is 19.4. The lowest BCUT2D eigenvalue weighted by Crippen LogP contribution is -2.32. The molecule has 1 atom stereocenters. The Kier molecular flexibility index (Phi) is 6.23. The number of ether oxygens (including phenoxy) is 1. The molecule has 0 aliphatic carbocycles. The van der Waals surface area contributed by atoms with Crippen LogP contribution in [0.1, 0.15) is 44.4 Å². The van der Waals surface area contributed by atoms with E-state index in [4.69, 9.17) is 4.74 Å². The van der Waals surface area contributed by atoms with Crippen LogP contribution in [-0.2, 0) is 10.9 Å². The average molecular weight is 303 g/mol. The molecule has 1 N–H and O–H groups in total. The molecule has 21 heavy (non-hydrogen) atoms. The largest absolute Gasteiger partial charge is 0.416 e. The van der Waals surface area contributed by atoms with E-state index in [0.29, 0.717) is 6.61 Å². The smallest absolute Gasteiger partial charge is 0.385 e. The summed E-state index contributed by atoms with van der Waals surface area (Å²) >= 11 is 0. The number of methoxy groups -OCH3 is 1. The Balaban J connectivity index is 2.58. The highest BCUT2D eigenvalue weighted by Gasteiger charge is 2.30. The van der Waals surface area contributed by atoms with Gasteiger partial charge >= 0.3 is 6.18 Å². The van der Waals surface area contributed by atoms with Crippen LogP contribution < -0.4 is 5.32 Å². The molecule has 0 saturated heterocycles. The van der Waals surface area contributed by atoms with E-state index in [1.807, 2.05) is 6.92 Å². The quantitative estimate of drug-likeness (QED) is 0.805. The number of benzene rings is 1. The molecule has 0 saturated carbocycles. The van der Waals surface area contributed by atoms with Crippen molar-refractivity contribution in [1.29, 1.82) is 0 Å². The van der Waals surface area contributed by atoms with Gasteiger partial charge in [-0.15, -0.1) is 0 Å². The molecule has 0 bridgehead atoms. The molecule has 0 aliphatic heterocycles. The van der Waals surface area contributed by atoms with Crippen LogP contribution in [0.3, 0.4) is 0 Å². The predicted octanol–water partition coefficient (Wildman–Crippen LogP) is 4.42. The maximum absolute atomic E-state index is 12.5. The van der Waals surface area contributed by atoms with Gasteiger partial charge in [-0.1, -0.05) is 26.0 Å². The van der Waals surface area contributed by atoms with Crippen molar-refractivity contribution in [3.8, 4) is 0 Å². The van der Waals surface area contributed by atoms with E-state index >= 15 is 0 Å². The second-order valence-corrected chi connectivity index (χ2v) is 6.13. The summed E-state index contributed by atoms with van der Waals surface area (Å²) in [5, 5.41) is 3.37. The van der Waals surface area contributed by atoms with E-state index in [0.717, 1.165) is 30.7 Å². The van der Waals surface area contributed by atoms with E-state index in [2.05, 4.69) is 19.2 Å². The second kappa shape index (κ2) is 7.27. The zero-order valence-electron chi connectivity index (χ0n) is 13.1. The molecular formula is C16H24F3NO. The number of hydrogen-bond donors (Lipinski definition) is 1. The van der Waals surface area contributed by atoms with Gasteiger partial charge in [-0.05, 0) is 36.5 Å². The lowest BCUT2D eigenvalue weighted by atomic mass is 9.89. The summed E-state index contributed by atoms with van der Waals surface area (Å²) in [5.74, 6) is 0. The summed E-state index contributed by atoms with van der Waals surface area (Å²) in [7, 11) is 1.67. The molecule has 0 fully saturated rings. The maximum atomic E-state index is 12.5. The molecule has 1 aromatic rings. The van der Waals surface area contributed by atoms with Crippen molar-refractivity contribution in [2.45, 2.75) is 39.4 Å². The first-order valence-electron chi connectivity index (χ1n) is 7.05. The molecule has 0 aliphatic rings. The summed E-state index contributed by atoms with van der Waals surface area (Å²) in [5.41, 5.74) is 0.320. The topological polar surface area (TPSA) is 21.3 Å². The van der Waals surface area contributed by atoms with Gasteiger partial charge in [-0.2, -0.15) is 13.2 Å². The van der Waals surface area contributed by atoms with E-state index in [1.54, 1.807) is 7.11 Å². The molecule has 1 aromatic carbocycles. The number of nitrogens with one attached hydrogen (secondary N) is 1. The minimum Gasteiger partial charge on any atom is -0.385 e. The van der Waals surface area contributed by atoms with Gasteiger partial charge in [0.25, 0.3) is 0 Å². The van der Waals surface area contributed by atoms with Crippen molar-refractivity contribution in [3.05, 3.63) is 35.4 Å². The molecule has 1 rings (SSSR count). The third kappa shape index (κ3) is 6.06. The van der Waals surface area contributed by atoms with Crippen LogP contribution in [0.5, 0.6) is 0 Å². The zero-order valence-corrected chi connectivity index (χ0v) is 13.1. The van der Waals surface area contributed by atoms with Gasteiger partial charge in [-0.3, -0.25) is 0 Å². The molecule has 5 heteroatoms. The Morgan fingerprint density at radius 3 is 2.19 bits per heavy atom. The van der Waals surface area contributed by atoms with Crippen molar-refractivity contribution in [2.75, 3.05) is 20.3 Å². The average Bonchev–Trinajstić information content (AvgIpc) is 2.42. The first-order chi connectivity index (χ1) is 9.65. The van der Waals surface area contributed by atoms with Gasteiger partial charge in [0.2, 0.25) is 0 Å². The van der Waals surface area contributed by atoms with Crippen LogP contribution >= 0.6 is 0 Å². The minimum absolute atomic E-state index is 0.00843. The SMILES string of the molecule is COCCC(C)(C)CNC(C)c1ccc(C(F)(F)F)cc1.